The zero-order valence-electron chi connectivity index (χ0n) is 21.7. The Kier molecular flexibility index (Phi) is 8.66. The lowest BCUT2D eigenvalue weighted by atomic mass is 9.85. The smallest absolute Gasteiger partial charge is 0.253 e. The predicted octanol–water partition coefficient (Wildman–Crippen LogP) is 2.52. The van der Waals surface area contributed by atoms with Gasteiger partial charge in [0.2, 0.25) is 5.91 Å². The molecule has 2 aromatic carbocycles. The second kappa shape index (κ2) is 12.1. The van der Waals surface area contributed by atoms with Crippen molar-refractivity contribution in [2.24, 2.45) is 0 Å². The third-order valence-corrected chi connectivity index (χ3v) is 7.12. The summed E-state index contributed by atoms with van der Waals surface area (Å²) in [6, 6.07) is 16.9. The summed E-state index contributed by atoms with van der Waals surface area (Å²) in [5.74, 6) is 0.402. The third-order valence-electron chi connectivity index (χ3n) is 7.12. The van der Waals surface area contributed by atoms with Crippen LogP contribution in [0.15, 0.2) is 54.6 Å². The topological polar surface area (TPSA) is 91.4 Å². The van der Waals surface area contributed by atoms with Gasteiger partial charge in [-0.05, 0) is 62.6 Å². The van der Waals surface area contributed by atoms with Crippen molar-refractivity contribution in [3.8, 4) is 5.75 Å². The highest BCUT2D eigenvalue weighted by atomic mass is 16.5. The number of carbonyl (C=O) groups is 3. The number of anilines is 1. The molecule has 1 spiro atoms. The molecule has 0 atom stereocenters. The van der Waals surface area contributed by atoms with E-state index in [1.165, 1.54) is 0 Å². The largest absolute Gasteiger partial charge is 0.497 e. The molecule has 0 saturated carbocycles. The summed E-state index contributed by atoms with van der Waals surface area (Å²) in [4.78, 5) is 45.1. The maximum Gasteiger partial charge on any atom is 0.253 e. The fourth-order valence-electron chi connectivity index (χ4n) is 5.09. The molecule has 0 bridgehead atoms. The highest BCUT2D eigenvalue weighted by Crippen LogP contribution is 2.39. The second-order valence-electron chi connectivity index (χ2n) is 9.36. The molecule has 2 aliphatic heterocycles. The van der Waals surface area contributed by atoms with Crippen molar-refractivity contribution in [3.05, 3.63) is 60.2 Å². The first-order valence-corrected chi connectivity index (χ1v) is 12.9. The second-order valence-corrected chi connectivity index (χ2v) is 9.36. The molecule has 37 heavy (non-hydrogen) atoms. The molecule has 0 aromatic heterocycles. The van der Waals surface area contributed by atoms with Crippen LogP contribution in [-0.2, 0) is 14.3 Å². The van der Waals surface area contributed by atoms with Gasteiger partial charge in [-0.3, -0.25) is 14.4 Å². The van der Waals surface area contributed by atoms with Gasteiger partial charge >= 0.3 is 0 Å². The van der Waals surface area contributed by atoms with Gasteiger partial charge in [-0.25, -0.2) is 0 Å². The molecule has 0 unspecified atom stereocenters. The molecular weight excluding hydrogens is 472 g/mol. The quantitative estimate of drug-likeness (QED) is 0.496. The summed E-state index contributed by atoms with van der Waals surface area (Å²) in [7, 11) is 1.59. The van der Waals surface area contributed by atoms with Crippen LogP contribution in [0.1, 0.15) is 36.5 Å². The van der Waals surface area contributed by atoms with Crippen molar-refractivity contribution in [1.82, 2.24) is 15.1 Å². The number of rotatable bonds is 10. The summed E-state index contributed by atoms with van der Waals surface area (Å²) in [5.41, 5.74) is 0.746. The number of piperidine rings is 1. The number of hydrogen-bond donors (Lipinski definition) is 1. The van der Waals surface area contributed by atoms with Gasteiger partial charge in [0.05, 0.1) is 13.8 Å². The molecule has 1 N–H and O–H groups in total. The van der Waals surface area contributed by atoms with Crippen molar-refractivity contribution < 1.29 is 23.9 Å². The monoisotopic (exact) mass is 508 g/mol. The van der Waals surface area contributed by atoms with Crippen LogP contribution in [-0.4, -0.2) is 86.2 Å². The van der Waals surface area contributed by atoms with Crippen LogP contribution in [0.25, 0.3) is 0 Å². The van der Waals surface area contributed by atoms with E-state index in [0.717, 1.165) is 12.1 Å². The van der Waals surface area contributed by atoms with Crippen LogP contribution in [0.5, 0.6) is 5.75 Å². The van der Waals surface area contributed by atoms with Gasteiger partial charge in [-0.15, -0.1) is 0 Å². The van der Waals surface area contributed by atoms with Crippen LogP contribution in [0.2, 0.25) is 0 Å². The van der Waals surface area contributed by atoms with E-state index in [2.05, 4.69) is 10.2 Å². The van der Waals surface area contributed by atoms with Crippen molar-refractivity contribution >= 4 is 23.4 Å². The maximum absolute atomic E-state index is 13.8. The van der Waals surface area contributed by atoms with E-state index in [1.54, 1.807) is 41.2 Å². The number of ether oxygens (including phenoxy) is 2. The van der Waals surface area contributed by atoms with E-state index in [1.807, 2.05) is 37.3 Å². The van der Waals surface area contributed by atoms with E-state index < -0.39 is 5.54 Å². The lowest BCUT2D eigenvalue weighted by Gasteiger charge is -2.43. The van der Waals surface area contributed by atoms with Gasteiger partial charge in [0.25, 0.3) is 11.8 Å². The van der Waals surface area contributed by atoms with Gasteiger partial charge in [0.1, 0.15) is 17.8 Å². The van der Waals surface area contributed by atoms with Crippen LogP contribution >= 0.6 is 0 Å². The third kappa shape index (κ3) is 5.88. The summed E-state index contributed by atoms with van der Waals surface area (Å²) in [6.45, 7) is 4.94. The molecule has 4 rings (SSSR count). The first kappa shape index (κ1) is 26.5. The number of methoxy groups -OCH3 is 1. The number of nitrogens with one attached hydrogen (secondary N) is 1. The van der Waals surface area contributed by atoms with Gasteiger partial charge in [-0.2, -0.15) is 0 Å². The molecule has 9 nitrogen and oxygen atoms in total. The van der Waals surface area contributed by atoms with Crippen molar-refractivity contribution in [2.75, 3.05) is 58.1 Å². The number of para-hydroxylation sites is 1. The normalized spacial score (nSPS) is 16.8. The number of amides is 3. The minimum atomic E-state index is -0.784. The van der Waals surface area contributed by atoms with Gasteiger partial charge in [-0.1, -0.05) is 18.2 Å². The highest BCUT2D eigenvalue weighted by molar-refractivity contribution is 5.97. The maximum atomic E-state index is 13.8. The Morgan fingerprint density at radius 1 is 1.03 bits per heavy atom. The average Bonchev–Trinajstić information content (AvgIpc) is 3.19. The van der Waals surface area contributed by atoms with Crippen molar-refractivity contribution in [3.63, 3.8) is 0 Å². The number of nitrogens with zero attached hydrogens (tertiary/aromatic N) is 3. The van der Waals surface area contributed by atoms with Gasteiger partial charge in [0, 0.05) is 44.1 Å². The van der Waals surface area contributed by atoms with E-state index in [-0.39, 0.29) is 24.3 Å². The number of likely N-dealkylation sites (tertiary alicyclic amines) is 1. The van der Waals surface area contributed by atoms with Crippen LogP contribution < -0.4 is 15.0 Å². The van der Waals surface area contributed by atoms with Crippen molar-refractivity contribution in [2.45, 2.75) is 31.7 Å². The Hall–Kier alpha value is -3.59. The molecule has 198 valence electrons. The van der Waals surface area contributed by atoms with Crippen LogP contribution in [0, 0.1) is 0 Å². The summed E-state index contributed by atoms with van der Waals surface area (Å²) in [5, 5.41) is 2.89. The number of benzene rings is 2. The lowest BCUT2D eigenvalue weighted by Crippen LogP contribution is -2.57. The Balaban J connectivity index is 1.44. The first-order valence-electron chi connectivity index (χ1n) is 12.9. The highest BCUT2D eigenvalue weighted by Gasteiger charge is 2.54. The molecule has 3 amide bonds. The number of hydrogen-bond acceptors (Lipinski definition) is 6. The fourth-order valence-corrected chi connectivity index (χ4v) is 5.09. The standard InChI is InChI=1S/C28H36N4O5/c1-3-37-19-7-16-29-25(33)20-31-21-32(23-8-5-4-6-9-23)28(27(31)35)14-17-30(18-15-28)26(34)22-10-12-24(36-2)13-11-22/h4-6,8-13H,3,7,14-21H2,1-2H3,(H,29,33). The Morgan fingerprint density at radius 2 is 1.73 bits per heavy atom. The summed E-state index contributed by atoms with van der Waals surface area (Å²) in [6.07, 6.45) is 1.72. The molecule has 0 radical (unpaired) electrons. The van der Waals surface area contributed by atoms with E-state index >= 15 is 0 Å². The molecule has 2 aliphatic rings. The Morgan fingerprint density at radius 3 is 2.38 bits per heavy atom. The molecular formula is C28H36N4O5. The fraction of sp³-hybridized carbons (Fsp3) is 0.464. The summed E-state index contributed by atoms with van der Waals surface area (Å²) < 4.78 is 10.5. The van der Waals surface area contributed by atoms with Gasteiger partial charge < -0.3 is 29.5 Å². The molecule has 2 fully saturated rings. The molecule has 0 aliphatic carbocycles. The minimum Gasteiger partial charge on any atom is -0.497 e. The van der Waals surface area contributed by atoms with Crippen LogP contribution in [0.4, 0.5) is 5.69 Å². The predicted molar refractivity (Wildman–Crippen MR) is 140 cm³/mol. The van der Waals surface area contributed by atoms with Gasteiger partial charge in [0.15, 0.2) is 0 Å². The molecule has 2 saturated heterocycles. The van der Waals surface area contributed by atoms with E-state index in [9.17, 15) is 14.4 Å². The van der Waals surface area contributed by atoms with Crippen molar-refractivity contribution in [1.29, 1.82) is 0 Å². The van der Waals surface area contributed by atoms with Crippen LogP contribution in [0.3, 0.4) is 0 Å². The Bertz CT molecular complexity index is 1070. The minimum absolute atomic E-state index is 0.00699. The lowest BCUT2D eigenvalue weighted by molar-refractivity contribution is -0.137. The van der Waals surface area contributed by atoms with E-state index in [0.29, 0.717) is 63.7 Å². The Labute approximate surface area is 218 Å². The zero-order chi connectivity index (χ0) is 26.3. The SMILES string of the molecule is CCOCCCNC(=O)CN1CN(c2ccccc2)C2(CCN(C(=O)c3ccc(OC)cc3)CC2)C1=O. The average molecular weight is 509 g/mol. The molecule has 2 aromatic rings. The number of carbonyl (C=O) groups excluding carboxylic acids is 3. The molecule has 2 heterocycles. The van der Waals surface area contributed by atoms with E-state index in [4.69, 9.17) is 9.47 Å². The molecule has 9 heteroatoms. The first-order chi connectivity index (χ1) is 18.0. The summed E-state index contributed by atoms with van der Waals surface area (Å²) >= 11 is 0. The zero-order valence-corrected chi connectivity index (χ0v) is 21.7.